The lowest BCUT2D eigenvalue weighted by atomic mass is 10.1. The molecule has 7 heteroatoms. The van der Waals surface area contributed by atoms with Crippen LogP contribution in [-0.2, 0) is 11.2 Å². The van der Waals surface area contributed by atoms with Crippen molar-refractivity contribution in [1.82, 2.24) is 0 Å². The average Bonchev–Trinajstić information content (AvgIpc) is 2.13. The first-order chi connectivity index (χ1) is 7.80. The lowest BCUT2D eigenvalue weighted by Crippen LogP contribution is -2.04. The molecule has 0 heterocycles. The Morgan fingerprint density at radius 2 is 1.94 bits per heavy atom. The van der Waals surface area contributed by atoms with Gasteiger partial charge in [0, 0.05) is 15.8 Å². The van der Waals surface area contributed by atoms with Crippen LogP contribution < -0.4 is 0 Å². The maximum absolute atomic E-state index is 12.2. The van der Waals surface area contributed by atoms with E-state index < -0.39 is 5.51 Å². The number of carbonyl (C=O) groups is 1. The molecule has 94 valence electrons. The lowest BCUT2D eigenvalue weighted by Gasteiger charge is -2.08. The quantitative estimate of drug-likeness (QED) is 0.552. The van der Waals surface area contributed by atoms with E-state index in [1.165, 1.54) is 12.1 Å². The van der Waals surface area contributed by atoms with E-state index in [9.17, 15) is 18.0 Å². The molecule has 1 aromatic carbocycles. The van der Waals surface area contributed by atoms with Gasteiger partial charge in [0.05, 0.1) is 5.33 Å². The third kappa shape index (κ3) is 5.92. The van der Waals surface area contributed by atoms with Crippen molar-refractivity contribution >= 4 is 49.4 Å². The van der Waals surface area contributed by atoms with E-state index in [0.29, 0.717) is 10.0 Å². The molecule has 1 rings (SSSR count). The highest BCUT2D eigenvalue weighted by atomic mass is 79.9. The van der Waals surface area contributed by atoms with Gasteiger partial charge in [0.25, 0.3) is 0 Å². The molecule has 0 fully saturated rings. The molecule has 0 aliphatic heterocycles. The second-order valence-corrected chi connectivity index (χ2v) is 5.81. The molecule has 0 spiro atoms. The van der Waals surface area contributed by atoms with Gasteiger partial charge in [-0.25, -0.2) is 0 Å². The van der Waals surface area contributed by atoms with E-state index in [0.717, 1.165) is 0 Å². The monoisotopic (exact) mass is 390 g/mol. The Kier molecular flexibility index (Phi) is 5.53. The second kappa shape index (κ2) is 6.24. The topological polar surface area (TPSA) is 17.1 Å². The molecule has 1 nitrogen and oxygen atoms in total. The summed E-state index contributed by atoms with van der Waals surface area (Å²) < 4.78 is 37.2. The maximum atomic E-state index is 12.2. The smallest absolute Gasteiger partial charge is 0.298 e. The van der Waals surface area contributed by atoms with Crippen molar-refractivity contribution < 1.29 is 18.0 Å². The fourth-order valence-corrected chi connectivity index (χ4v) is 2.74. The predicted molar refractivity (Wildman–Crippen MR) is 68.6 cm³/mol. The van der Waals surface area contributed by atoms with Crippen molar-refractivity contribution in [3.63, 3.8) is 0 Å². The van der Waals surface area contributed by atoms with Crippen LogP contribution in [0.2, 0.25) is 0 Å². The number of benzene rings is 1. The fourth-order valence-electron chi connectivity index (χ4n) is 1.19. The number of thioether (sulfide) groups is 1. The lowest BCUT2D eigenvalue weighted by molar-refractivity contribution is -0.115. The minimum Gasteiger partial charge on any atom is -0.298 e. The molecule has 0 aliphatic carbocycles. The summed E-state index contributed by atoms with van der Waals surface area (Å²) in [6.45, 7) is 0. The van der Waals surface area contributed by atoms with Gasteiger partial charge in [-0.05, 0) is 35.5 Å². The van der Waals surface area contributed by atoms with Crippen LogP contribution in [0.3, 0.4) is 0 Å². The van der Waals surface area contributed by atoms with E-state index in [2.05, 4.69) is 31.9 Å². The van der Waals surface area contributed by atoms with Crippen LogP contribution in [0.15, 0.2) is 27.6 Å². The predicted octanol–water partition coefficient (Wildman–Crippen LogP) is 4.57. The molecule has 0 radical (unpaired) electrons. The van der Waals surface area contributed by atoms with Crippen molar-refractivity contribution in [3.05, 3.63) is 28.2 Å². The zero-order valence-corrected chi connectivity index (χ0v) is 12.3. The van der Waals surface area contributed by atoms with Gasteiger partial charge in [-0.15, -0.1) is 0 Å². The first-order valence-electron chi connectivity index (χ1n) is 4.43. The summed E-state index contributed by atoms with van der Waals surface area (Å²) in [5.41, 5.74) is -3.76. The van der Waals surface area contributed by atoms with Gasteiger partial charge in [-0.1, -0.05) is 31.9 Å². The van der Waals surface area contributed by atoms with Gasteiger partial charge >= 0.3 is 5.51 Å². The summed E-state index contributed by atoms with van der Waals surface area (Å²) >= 11 is 5.95. The summed E-state index contributed by atoms with van der Waals surface area (Å²) in [5.74, 6) is -0.0777. The van der Waals surface area contributed by atoms with Crippen LogP contribution in [-0.4, -0.2) is 16.6 Å². The van der Waals surface area contributed by atoms with E-state index >= 15 is 0 Å². The number of Topliss-reactive ketones (excluding diaryl/α,β-unsaturated/α-hetero) is 1. The van der Waals surface area contributed by atoms with Crippen LogP contribution in [0.1, 0.15) is 5.56 Å². The zero-order chi connectivity index (χ0) is 13.1. The highest BCUT2D eigenvalue weighted by molar-refractivity contribution is 9.10. The normalized spacial score (nSPS) is 11.6. The van der Waals surface area contributed by atoms with E-state index in [-0.39, 0.29) is 34.2 Å². The summed E-state index contributed by atoms with van der Waals surface area (Å²) in [6, 6.07) is 4.39. The minimum atomic E-state index is -4.32. The van der Waals surface area contributed by atoms with E-state index in [1.54, 1.807) is 6.07 Å². The van der Waals surface area contributed by atoms with Crippen LogP contribution in [0.25, 0.3) is 0 Å². The van der Waals surface area contributed by atoms with Crippen molar-refractivity contribution in [2.45, 2.75) is 16.8 Å². The Morgan fingerprint density at radius 3 is 2.47 bits per heavy atom. The summed E-state index contributed by atoms with van der Waals surface area (Å²) in [7, 11) is 0. The minimum absolute atomic E-state index is 0.0734. The first kappa shape index (κ1) is 15.0. The van der Waals surface area contributed by atoms with Crippen molar-refractivity contribution in [2.75, 3.05) is 5.33 Å². The molecule has 0 bridgehead atoms. The van der Waals surface area contributed by atoms with Gasteiger partial charge in [-0.3, -0.25) is 4.79 Å². The Hall–Kier alpha value is -0.0100. The summed E-state index contributed by atoms with van der Waals surface area (Å²) in [4.78, 5) is 11.3. The summed E-state index contributed by atoms with van der Waals surface area (Å²) in [6.07, 6.45) is 0.121. The molecule has 1 aromatic rings. The molecular formula is C10H7Br2F3OS. The first-order valence-corrected chi connectivity index (χ1v) is 7.16. The third-order valence-corrected chi connectivity index (χ3v) is 3.50. The molecule has 0 N–H and O–H groups in total. The van der Waals surface area contributed by atoms with Crippen molar-refractivity contribution in [1.29, 1.82) is 0 Å². The number of hydrogen-bond donors (Lipinski definition) is 0. The van der Waals surface area contributed by atoms with E-state index in [1.807, 2.05) is 0 Å². The maximum Gasteiger partial charge on any atom is 0.446 e. The Balaban J connectivity index is 2.90. The number of hydrogen-bond acceptors (Lipinski definition) is 2. The third-order valence-electron chi connectivity index (χ3n) is 1.72. The molecule has 0 aliphatic rings. The average molecular weight is 392 g/mol. The Bertz CT molecular complexity index is 421. The standard InChI is InChI=1S/C10H7Br2F3OS/c11-5-8(16)2-6-1-7(12)4-9(3-6)17-10(13,14)15/h1,3-4H,2,5H2. The molecule has 0 unspecified atom stereocenters. The molecular weight excluding hydrogens is 385 g/mol. The summed E-state index contributed by atoms with van der Waals surface area (Å²) in [5, 5.41) is 0.196. The molecule has 0 amide bonds. The number of carbonyl (C=O) groups excluding carboxylic acids is 1. The van der Waals surface area contributed by atoms with Gasteiger partial charge in [0.15, 0.2) is 0 Å². The van der Waals surface area contributed by atoms with Crippen LogP contribution >= 0.6 is 43.6 Å². The Labute approximate surface area is 117 Å². The van der Waals surface area contributed by atoms with Crippen molar-refractivity contribution in [2.24, 2.45) is 0 Å². The molecule has 17 heavy (non-hydrogen) atoms. The Morgan fingerprint density at radius 1 is 1.29 bits per heavy atom. The number of rotatable bonds is 4. The van der Waals surface area contributed by atoms with E-state index in [4.69, 9.17) is 0 Å². The fraction of sp³-hybridized carbons (Fsp3) is 0.300. The SMILES string of the molecule is O=C(CBr)Cc1cc(Br)cc(SC(F)(F)F)c1. The number of halogens is 5. The van der Waals surface area contributed by atoms with Crippen LogP contribution in [0, 0.1) is 0 Å². The molecule has 0 atom stereocenters. The molecule has 0 saturated carbocycles. The highest BCUT2D eigenvalue weighted by Gasteiger charge is 2.29. The number of ketones is 1. The van der Waals surface area contributed by atoms with Crippen molar-refractivity contribution in [3.8, 4) is 0 Å². The van der Waals surface area contributed by atoms with Gasteiger partial charge in [-0.2, -0.15) is 13.2 Å². The molecule has 0 saturated heterocycles. The second-order valence-electron chi connectivity index (χ2n) is 3.19. The van der Waals surface area contributed by atoms with Gasteiger partial charge < -0.3 is 0 Å². The van der Waals surface area contributed by atoms with Gasteiger partial charge in [0.1, 0.15) is 5.78 Å². The van der Waals surface area contributed by atoms with Crippen LogP contribution in [0.5, 0.6) is 0 Å². The van der Waals surface area contributed by atoms with Gasteiger partial charge in [0.2, 0.25) is 0 Å². The molecule has 0 aromatic heterocycles. The largest absolute Gasteiger partial charge is 0.446 e. The highest BCUT2D eigenvalue weighted by Crippen LogP contribution is 2.38. The zero-order valence-electron chi connectivity index (χ0n) is 8.35. The number of alkyl halides is 4. The van der Waals surface area contributed by atoms with Crippen LogP contribution in [0.4, 0.5) is 13.2 Å².